The molecule has 20 heavy (non-hydrogen) atoms. The molecular formula is C14H14F3NO2. The smallest absolute Gasteiger partial charge is 0.416 e. The van der Waals surface area contributed by atoms with Crippen LogP contribution in [0.4, 0.5) is 13.2 Å². The van der Waals surface area contributed by atoms with Crippen molar-refractivity contribution in [2.75, 3.05) is 6.61 Å². The van der Waals surface area contributed by atoms with Crippen molar-refractivity contribution in [2.24, 2.45) is 5.73 Å². The minimum Gasteiger partial charge on any atom is -0.459 e. The third kappa shape index (κ3) is 3.20. The van der Waals surface area contributed by atoms with Crippen molar-refractivity contribution >= 4 is 0 Å². The number of aliphatic hydroxyl groups is 1. The van der Waals surface area contributed by atoms with Crippen LogP contribution in [-0.4, -0.2) is 11.7 Å². The van der Waals surface area contributed by atoms with Gasteiger partial charge in [0.05, 0.1) is 11.6 Å². The Balaban J connectivity index is 2.28. The summed E-state index contributed by atoms with van der Waals surface area (Å²) >= 11 is 0. The SMILES string of the molecule is NC(CCO)c1ccc(-c2cccc(C(F)(F)F)c2)o1. The van der Waals surface area contributed by atoms with Gasteiger partial charge in [0.1, 0.15) is 11.5 Å². The number of aliphatic hydroxyl groups excluding tert-OH is 1. The summed E-state index contributed by atoms with van der Waals surface area (Å²) in [5, 5.41) is 8.80. The van der Waals surface area contributed by atoms with E-state index in [0.717, 1.165) is 12.1 Å². The zero-order valence-electron chi connectivity index (χ0n) is 10.5. The Morgan fingerprint density at radius 2 is 1.95 bits per heavy atom. The molecule has 1 aromatic carbocycles. The van der Waals surface area contributed by atoms with E-state index >= 15 is 0 Å². The van der Waals surface area contributed by atoms with E-state index in [9.17, 15) is 13.2 Å². The molecule has 6 heteroatoms. The van der Waals surface area contributed by atoms with Crippen LogP contribution < -0.4 is 5.73 Å². The molecule has 2 aromatic rings. The molecule has 0 bridgehead atoms. The van der Waals surface area contributed by atoms with E-state index in [1.165, 1.54) is 12.1 Å². The summed E-state index contributed by atoms with van der Waals surface area (Å²) in [4.78, 5) is 0. The molecule has 0 aliphatic rings. The molecular weight excluding hydrogens is 271 g/mol. The molecule has 1 atom stereocenters. The van der Waals surface area contributed by atoms with Crippen LogP contribution in [0.5, 0.6) is 0 Å². The topological polar surface area (TPSA) is 59.4 Å². The first kappa shape index (κ1) is 14.6. The van der Waals surface area contributed by atoms with Gasteiger partial charge in [0, 0.05) is 12.2 Å². The highest BCUT2D eigenvalue weighted by molar-refractivity contribution is 5.59. The molecule has 3 N–H and O–H groups in total. The molecule has 108 valence electrons. The first-order chi connectivity index (χ1) is 9.41. The van der Waals surface area contributed by atoms with Crippen molar-refractivity contribution in [2.45, 2.75) is 18.6 Å². The fraction of sp³-hybridized carbons (Fsp3) is 0.286. The van der Waals surface area contributed by atoms with E-state index in [1.54, 1.807) is 12.1 Å². The van der Waals surface area contributed by atoms with Gasteiger partial charge in [-0.15, -0.1) is 0 Å². The molecule has 1 unspecified atom stereocenters. The monoisotopic (exact) mass is 285 g/mol. The van der Waals surface area contributed by atoms with Crippen LogP contribution in [0.3, 0.4) is 0 Å². The Kier molecular flexibility index (Phi) is 4.15. The molecule has 1 heterocycles. The lowest BCUT2D eigenvalue weighted by atomic mass is 10.1. The maximum Gasteiger partial charge on any atom is 0.416 e. The van der Waals surface area contributed by atoms with Crippen LogP contribution in [0, 0.1) is 0 Å². The van der Waals surface area contributed by atoms with Gasteiger partial charge in [-0.25, -0.2) is 0 Å². The Hall–Kier alpha value is -1.79. The average Bonchev–Trinajstić information content (AvgIpc) is 2.88. The van der Waals surface area contributed by atoms with E-state index in [-0.39, 0.29) is 6.61 Å². The summed E-state index contributed by atoms with van der Waals surface area (Å²) in [7, 11) is 0. The normalized spacial score (nSPS) is 13.4. The second-order valence-corrected chi connectivity index (χ2v) is 4.40. The van der Waals surface area contributed by atoms with Crippen molar-refractivity contribution in [3.8, 4) is 11.3 Å². The highest BCUT2D eigenvalue weighted by Gasteiger charge is 2.30. The Morgan fingerprint density at radius 3 is 2.60 bits per heavy atom. The second-order valence-electron chi connectivity index (χ2n) is 4.40. The minimum atomic E-state index is -4.39. The van der Waals surface area contributed by atoms with Gasteiger partial charge in [-0.3, -0.25) is 0 Å². The lowest BCUT2D eigenvalue weighted by Crippen LogP contribution is -2.10. The molecule has 0 fully saturated rings. The lowest BCUT2D eigenvalue weighted by molar-refractivity contribution is -0.137. The summed E-state index contributed by atoms with van der Waals surface area (Å²) in [5.41, 5.74) is 5.37. The largest absolute Gasteiger partial charge is 0.459 e. The first-order valence-electron chi connectivity index (χ1n) is 6.05. The lowest BCUT2D eigenvalue weighted by Gasteiger charge is -2.08. The molecule has 0 saturated carbocycles. The van der Waals surface area contributed by atoms with E-state index in [1.807, 2.05) is 0 Å². The van der Waals surface area contributed by atoms with Gasteiger partial charge in [0.25, 0.3) is 0 Å². The Bertz CT molecular complexity index is 578. The molecule has 0 radical (unpaired) electrons. The highest BCUT2D eigenvalue weighted by atomic mass is 19.4. The maximum absolute atomic E-state index is 12.6. The number of furan rings is 1. The quantitative estimate of drug-likeness (QED) is 0.905. The van der Waals surface area contributed by atoms with Gasteiger partial charge >= 0.3 is 6.18 Å². The third-order valence-corrected chi connectivity index (χ3v) is 2.91. The van der Waals surface area contributed by atoms with E-state index in [4.69, 9.17) is 15.3 Å². The zero-order chi connectivity index (χ0) is 14.8. The maximum atomic E-state index is 12.6. The van der Waals surface area contributed by atoms with Crippen LogP contribution in [0.1, 0.15) is 23.8 Å². The molecule has 2 rings (SSSR count). The Morgan fingerprint density at radius 1 is 1.20 bits per heavy atom. The van der Waals surface area contributed by atoms with Crippen molar-refractivity contribution in [3.05, 3.63) is 47.7 Å². The molecule has 0 aliphatic heterocycles. The fourth-order valence-corrected chi connectivity index (χ4v) is 1.84. The van der Waals surface area contributed by atoms with E-state index < -0.39 is 17.8 Å². The van der Waals surface area contributed by atoms with Crippen molar-refractivity contribution in [3.63, 3.8) is 0 Å². The third-order valence-electron chi connectivity index (χ3n) is 2.91. The number of halogens is 3. The van der Waals surface area contributed by atoms with Crippen molar-refractivity contribution in [1.29, 1.82) is 0 Å². The summed E-state index contributed by atoms with van der Waals surface area (Å²) in [5.74, 6) is 0.756. The van der Waals surface area contributed by atoms with Crippen LogP contribution in [0.15, 0.2) is 40.8 Å². The predicted octanol–water partition coefficient (Wildman–Crippen LogP) is 3.35. The van der Waals surface area contributed by atoms with Gasteiger partial charge in [-0.2, -0.15) is 13.2 Å². The number of nitrogens with two attached hydrogens (primary N) is 1. The highest BCUT2D eigenvalue weighted by Crippen LogP contribution is 2.33. The van der Waals surface area contributed by atoms with E-state index in [2.05, 4.69) is 0 Å². The van der Waals surface area contributed by atoms with Crippen molar-refractivity contribution < 1.29 is 22.7 Å². The zero-order valence-corrected chi connectivity index (χ0v) is 10.5. The van der Waals surface area contributed by atoms with Gasteiger partial charge < -0.3 is 15.3 Å². The van der Waals surface area contributed by atoms with Gasteiger partial charge in [0.15, 0.2) is 0 Å². The molecule has 0 amide bonds. The fourth-order valence-electron chi connectivity index (χ4n) is 1.84. The summed E-state index contributed by atoms with van der Waals surface area (Å²) < 4.78 is 43.4. The number of benzene rings is 1. The average molecular weight is 285 g/mol. The van der Waals surface area contributed by atoms with Crippen LogP contribution in [0.25, 0.3) is 11.3 Å². The van der Waals surface area contributed by atoms with Gasteiger partial charge in [-0.05, 0) is 30.7 Å². The van der Waals surface area contributed by atoms with Crippen LogP contribution >= 0.6 is 0 Å². The molecule has 0 spiro atoms. The number of hydrogen-bond donors (Lipinski definition) is 2. The van der Waals surface area contributed by atoms with Crippen LogP contribution in [-0.2, 0) is 6.18 Å². The second kappa shape index (κ2) is 5.68. The molecule has 1 aromatic heterocycles. The molecule has 0 saturated heterocycles. The first-order valence-corrected chi connectivity index (χ1v) is 6.05. The summed E-state index contributed by atoms with van der Waals surface area (Å²) in [6.07, 6.45) is -4.06. The number of alkyl halides is 3. The number of rotatable bonds is 4. The van der Waals surface area contributed by atoms with Crippen molar-refractivity contribution in [1.82, 2.24) is 0 Å². The standard InChI is InChI=1S/C14H14F3NO2/c15-14(16,17)10-3-1-2-9(8-10)12-4-5-13(20-12)11(18)6-7-19/h1-5,8,11,19H,6-7,18H2. The minimum absolute atomic E-state index is 0.0826. The summed E-state index contributed by atoms with van der Waals surface area (Å²) in [6, 6.07) is 7.60. The van der Waals surface area contributed by atoms with Gasteiger partial charge in [0.2, 0.25) is 0 Å². The molecule has 3 nitrogen and oxygen atoms in total. The summed E-state index contributed by atoms with van der Waals surface area (Å²) in [6.45, 7) is -0.0826. The van der Waals surface area contributed by atoms with Gasteiger partial charge in [-0.1, -0.05) is 12.1 Å². The van der Waals surface area contributed by atoms with E-state index in [0.29, 0.717) is 23.5 Å². The molecule has 0 aliphatic carbocycles. The van der Waals surface area contributed by atoms with Crippen LogP contribution in [0.2, 0.25) is 0 Å². The Labute approximate surface area is 113 Å². The predicted molar refractivity (Wildman–Crippen MR) is 67.8 cm³/mol. The number of hydrogen-bond acceptors (Lipinski definition) is 3.